The van der Waals surface area contributed by atoms with Gasteiger partial charge in [0, 0.05) is 45.7 Å². The third-order valence-corrected chi connectivity index (χ3v) is 6.57. The number of nitrogens with zero attached hydrogens (tertiary/aromatic N) is 4. The number of hydrogen-bond acceptors (Lipinski definition) is 6. The first-order valence-electron chi connectivity index (χ1n) is 11.6. The first-order valence-corrected chi connectivity index (χ1v) is 11.6. The van der Waals surface area contributed by atoms with E-state index >= 15 is 0 Å². The molecule has 0 atom stereocenters. The fourth-order valence-corrected chi connectivity index (χ4v) is 4.37. The van der Waals surface area contributed by atoms with E-state index in [0.29, 0.717) is 29.4 Å². The minimum Gasteiger partial charge on any atom is -0.455 e. The monoisotopic (exact) mass is 502 g/mol. The summed E-state index contributed by atoms with van der Waals surface area (Å²) in [6.45, 7) is 1.88. The number of likely N-dealkylation sites (tertiary alicyclic amines) is 1. The number of amides is 5. The lowest BCUT2D eigenvalue weighted by Crippen LogP contribution is -2.43. The van der Waals surface area contributed by atoms with Crippen molar-refractivity contribution in [1.29, 1.82) is 0 Å². The van der Waals surface area contributed by atoms with Gasteiger partial charge < -0.3 is 9.64 Å². The highest BCUT2D eigenvalue weighted by Gasteiger charge is 2.53. The Labute approximate surface area is 207 Å². The fraction of sp³-hybridized carbons (Fsp3) is 0.458. The molecule has 2 aromatic heterocycles. The zero-order valence-electron chi connectivity index (χ0n) is 20.3. The van der Waals surface area contributed by atoms with E-state index in [1.54, 1.807) is 39.2 Å². The van der Waals surface area contributed by atoms with Crippen LogP contribution in [0.25, 0.3) is 0 Å². The first kappa shape index (κ1) is 25.3. The molecule has 192 valence electrons. The highest BCUT2D eigenvalue weighted by Crippen LogP contribution is 2.49. The molecule has 1 aliphatic heterocycles. The van der Waals surface area contributed by atoms with Crippen LogP contribution in [-0.4, -0.2) is 64.3 Å². The Hall–Kier alpha value is -3.83. The molecule has 2 aromatic rings. The Morgan fingerprint density at radius 2 is 1.78 bits per heavy atom. The number of alkyl halides is 2. The van der Waals surface area contributed by atoms with Crippen LogP contribution >= 0.6 is 0 Å². The van der Waals surface area contributed by atoms with Crippen molar-refractivity contribution in [2.45, 2.75) is 45.0 Å². The number of imide groups is 1. The summed E-state index contributed by atoms with van der Waals surface area (Å²) in [6.07, 6.45) is 1.38. The molecule has 1 spiro atoms. The zero-order valence-corrected chi connectivity index (χ0v) is 20.3. The highest BCUT2D eigenvalue weighted by atomic mass is 19.3. The molecule has 12 heteroatoms. The molecule has 0 aromatic carbocycles. The number of pyridine rings is 2. The molecule has 0 unspecified atom stereocenters. The SMILES string of the molecule is Cc1nc(NC(=O)N2CCC3(CCC(F)(F)CC3)C2=O)ccc1Oc1ccnc(NC(=O)N(C)C)c1. The maximum absolute atomic E-state index is 13.6. The smallest absolute Gasteiger partial charge is 0.329 e. The normalized spacial score (nSPS) is 18.1. The molecule has 1 saturated carbocycles. The highest BCUT2D eigenvalue weighted by molar-refractivity contribution is 6.04. The van der Waals surface area contributed by atoms with Crippen molar-refractivity contribution in [2.24, 2.45) is 5.41 Å². The lowest BCUT2D eigenvalue weighted by molar-refractivity contribution is -0.140. The van der Waals surface area contributed by atoms with Gasteiger partial charge in [0.2, 0.25) is 11.8 Å². The van der Waals surface area contributed by atoms with Crippen LogP contribution in [0.3, 0.4) is 0 Å². The van der Waals surface area contributed by atoms with E-state index in [1.165, 1.54) is 17.2 Å². The molecule has 0 radical (unpaired) electrons. The number of nitrogens with one attached hydrogen (secondary N) is 2. The van der Waals surface area contributed by atoms with Crippen molar-refractivity contribution in [3.8, 4) is 11.5 Å². The van der Waals surface area contributed by atoms with E-state index in [2.05, 4.69) is 20.6 Å². The summed E-state index contributed by atoms with van der Waals surface area (Å²) in [5.41, 5.74) is -0.405. The third kappa shape index (κ3) is 5.37. The van der Waals surface area contributed by atoms with Gasteiger partial charge in [0.1, 0.15) is 23.1 Å². The average Bonchev–Trinajstić information content (AvgIpc) is 3.14. The van der Waals surface area contributed by atoms with E-state index in [4.69, 9.17) is 4.74 Å². The molecular weight excluding hydrogens is 474 g/mol. The van der Waals surface area contributed by atoms with Crippen LogP contribution in [0, 0.1) is 12.3 Å². The first-order chi connectivity index (χ1) is 17.0. The lowest BCUT2D eigenvalue weighted by Gasteiger charge is -2.35. The second-order valence-electron chi connectivity index (χ2n) is 9.36. The maximum Gasteiger partial charge on any atom is 0.329 e. The maximum atomic E-state index is 13.6. The number of anilines is 2. The van der Waals surface area contributed by atoms with E-state index in [9.17, 15) is 23.2 Å². The molecule has 2 fully saturated rings. The average molecular weight is 503 g/mol. The minimum absolute atomic E-state index is 0.0849. The van der Waals surface area contributed by atoms with Gasteiger partial charge in [-0.15, -0.1) is 0 Å². The van der Waals surface area contributed by atoms with Crippen molar-refractivity contribution < 1.29 is 27.9 Å². The molecular formula is C24H28F2N6O4. The Morgan fingerprint density at radius 1 is 1.06 bits per heavy atom. The molecule has 5 amide bonds. The number of aryl methyl sites for hydroxylation is 1. The predicted octanol–water partition coefficient (Wildman–Crippen LogP) is 4.63. The summed E-state index contributed by atoms with van der Waals surface area (Å²) in [6, 6.07) is 5.37. The predicted molar refractivity (Wildman–Crippen MR) is 127 cm³/mol. The molecule has 1 aliphatic carbocycles. The second-order valence-corrected chi connectivity index (χ2v) is 9.36. The molecule has 2 N–H and O–H groups in total. The van der Waals surface area contributed by atoms with Gasteiger partial charge in [0.15, 0.2) is 0 Å². The summed E-state index contributed by atoms with van der Waals surface area (Å²) < 4.78 is 33.0. The van der Waals surface area contributed by atoms with E-state index in [-0.39, 0.29) is 44.1 Å². The second kappa shape index (κ2) is 9.67. The number of urea groups is 2. The summed E-state index contributed by atoms with van der Waals surface area (Å²) >= 11 is 0. The van der Waals surface area contributed by atoms with Gasteiger partial charge in [-0.05, 0) is 44.4 Å². The molecule has 1 saturated heterocycles. The Kier molecular flexibility index (Phi) is 6.79. The van der Waals surface area contributed by atoms with Gasteiger partial charge in [0.05, 0.1) is 11.1 Å². The fourth-order valence-electron chi connectivity index (χ4n) is 4.37. The minimum atomic E-state index is -2.75. The number of carbonyl (C=O) groups excluding carboxylic acids is 3. The van der Waals surface area contributed by atoms with Crippen molar-refractivity contribution in [3.63, 3.8) is 0 Å². The molecule has 0 bridgehead atoms. The summed E-state index contributed by atoms with van der Waals surface area (Å²) in [4.78, 5) is 48.4. The topological polar surface area (TPSA) is 117 Å². The number of halogens is 2. The van der Waals surface area contributed by atoms with E-state index in [0.717, 1.165) is 4.90 Å². The Morgan fingerprint density at radius 3 is 2.44 bits per heavy atom. The number of hydrogen-bond donors (Lipinski definition) is 2. The van der Waals surface area contributed by atoms with Crippen LogP contribution in [-0.2, 0) is 4.79 Å². The van der Waals surface area contributed by atoms with Crippen molar-refractivity contribution in [3.05, 3.63) is 36.2 Å². The van der Waals surface area contributed by atoms with Gasteiger partial charge in [-0.2, -0.15) is 0 Å². The molecule has 2 aliphatic rings. The van der Waals surface area contributed by atoms with Crippen LogP contribution in [0.4, 0.5) is 30.0 Å². The quantitative estimate of drug-likeness (QED) is 0.630. The van der Waals surface area contributed by atoms with Crippen LogP contribution in [0.5, 0.6) is 11.5 Å². The van der Waals surface area contributed by atoms with Crippen molar-refractivity contribution >= 4 is 29.6 Å². The Bertz CT molecular complexity index is 1180. The van der Waals surface area contributed by atoms with Gasteiger partial charge in [-0.25, -0.2) is 28.3 Å². The van der Waals surface area contributed by atoms with Crippen LogP contribution in [0.1, 0.15) is 37.8 Å². The van der Waals surface area contributed by atoms with E-state index in [1.807, 2.05) is 0 Å². The third-order valence-electron chi connectivity index (χ3n) is 6.57. The summed E-state index contributed by atoms with van der Waals surface area (Å²) in [5.74, 6) is -1.76. The number of carbonyl (C=O) groups is 3. The van der Waals surface area contributed by atoms with E-state index < -0.39 is 23.3 Å². The molecule has 36 heavy (non-hydrogen) atoms. The molecule has 4 rings (SSSR count). The zero-order chi connectivity index (χ0) is 26.1. The van der Waals surface area contributed by atoms with Crippen LogP contribution < -0.4 is 15.4 Å². The lowest BCUT2D eigenvalue weighted by atomic mass is 9.72. The number of ether oxygens (including phenoxy) is 1. The Balaban J connectivity index is 1.38. The number of rotatable bonds is 4. The van der Waals surface area contributed by atoms with Crippen LogP contribution in [0.2, 0.25) is 0 Å². The van der Waals surface area contributed by atoms with Crippen molar-refractivity contribution in [1.82, 2.24) is 19.8 Å². The number of aromatic nitrogens is 2. The summed E-state index contributed by atoms with van der Waals surface area (Å²) in [7, 11) is 3.22. The molecule has 3 heterocycles. The van der Waals surface area contributed by atoms with Crippen molar-refractivity contribution in [2.75, 3.05) is 31.3 Å². The van der Waals surface area contributed by atoms with Gasteiger partial charge in [-0.1, -0.05) is 0 Å². The standard InChI is InChI=1S/C24H28F2N6O4/c1-15-17(36-16-6-12-27-19(14-16)30-21(34)31(2)3)4-5-18(28-15)29-22(35)32-13-11-23(20(32)33)7-9-24(25,26)10-8-23/h4-6,12,14H,7-11,13H2,1-3H3,(H,27,30,34)(H,28,29,35). The van der Waals surface area contributed by atoms with Gasteiger partial charge in [0.25, 0.3) is 0 Å². The van der Waals surface area contributed by atoms with Crippen LogP contribution in [0.15, 0.2) is 30.5 Å². The molecule has 10 nitrogen and oxygen atoms in total. The summed E-state index contributed by atoms with van der Waals surface area (Å²) in [5, 5.41) is 5.25. The largest absolute Gasteiger partial charge is 0.455 e. The van der Waals surface area contributed by atoms with Gasteiger partial charge in [-0.3, -0.25) is 20.3 Å². The van der Waals surface area contributed by atoms with Gasteiger partial charge >= 0.3 is 12.1 Å².